The maximum absolute atomic E-state index is 12.9. The average molecular weight is 594 g/mol. The van der Waals surface area contributed by atoms with Gasteiger partial charge in [0.25, 0.3) is 11.1 Å². The number of nitrogens with zero attached hydrogens (tertiary/aromatic N) is 1. The highest BCUT2D eigenvalue weighted by molar-refractivity contribution is 9.10. The minimum atomic E-state index is -0.325. The minimum absolute atomic E-state index is 0.199. The number of hydrogen-bond donors (Lipinski definition) is 0. The van der Waals surface area contributed by atoms with Gasteiger partial charge in [0, 0.05) is 19.5 Å². The average Bonchev–Trinajstić information content (AvgIpc) is 3.03. The summed E-state index contributed by atoms with van der Waals surface area (Å²) < 4.78 is 7.86. The molecule has 1 saturated heterocycles. The second-order valence-corrected chi connectivity index (χ2v) is 10.3. The Morgan fingerprint density at radius 3 is 2.28 bits per heavy atom. The van der Waals surface area contributed by atoms with Crippen molar-refractivity contribution in [3.05, 3.63) is 102 Å². The molecule has 32 heavy (non-hydrogen) atoms. The smallest absolute Gasteiger partial charge is 0.293 e. The van der Waals surface area contributed by atoms with Crippen molar-refractivity contribution in [1.82, 2.24) is 4.90 Å². The highest BCUT2D eigenvalue weighted by atomic mass is 79.9. The second kappa shape index (κ2) is 10.3. The molecule has 0 atom stereocenters. The molecule has 1 aliphatic rings. The summed E-state index contributed by atoms with van der Waals surface area (Å²) >= 11 is 13.7. The van der Waals surface area contributed by atoms with E-state index in [4.69, 9.17) is 16.3 Å². The van der Waals surface area contributed by atoms with Crippen LogP contribution in [-0.4, -0.2) is 16.0 Å². The largest absolute Gasteiger partial charge is 0.488 e. The third-order valence-corrected chi connectivity index (χ3v) is 6.87. The number of carbonyl (C=O) groups excluding carboxylic acids is 2. The summed E-state index contributed by atoms with van der Waals surface area (Å²) in [6, 6.07) is 20.5. The van der Waals surface area contributed by atoms with Gasteiger partial charge < -0.3 is 4.74 Å². The lowest BCUT2D eigenvalue weighted by Gasteiger charge is -2.12. The van der Waals surface area contributed by atoms with Crippen LogP contribution in [0.5, 0.6) is 5.75 Å². The summed E-state index contributed by atoms with van der Waals surface area (Å²) in [6.45, 7) is 0.582. The fourth-order valence-corrected chi connectivity index (χ4v) is 4.65. The van der Waals surface area contributed by atoms with Crippen molar-refractivity contribution < 1.29 is 14.3 Å². The first-order chi connectivity index (χ1) is 15.4. The molecule has 4 rings (SSSR count). The third-order valence-electron chi connectivity index (χ3n) is 4.69. The SMILES string of the molecule is O=C1S/C(=C\c2cc(Br)ccc2OCc2ccc(Br)cc2)C(=O)N1Cc1ccc(Cl)cc1. The van der Waals surface area contributed by atoms with E-state index >= 15 is 0 Å². The first kappa shape index (κ1) is 23.1. The number of benzene rings is 3. The van der Waals surface area contributed by atoms with E-state index in [1.54, 1.807) is 30.3 Å². The number of carbonyl (C=O) groups is 2. The summed E-state index contributed by atoms with van der Waals surface area (Å²) in [4.78, 5) is 27.0. The van der Waals surface area contributed by atoms with Crippen molar-refractivity contribution in [2.24, 2.45) is 0 Å². The Morgan fingerprint density at radius 2 is 1.56 bits per heavy atom. The minimum Gasteiger partial charge on any atom is -0.488 e. The molecule has 3 aromatic rings. The molecule has 1 aliphatic heterocycles. The lowest BCUT2D eigenvalue weighted by atomic mass is 10.1. The second-order valence-electron chi connectivity index (χ2n) is 6.99. The molecule has 0 aromatic heterocycles. The highest BCUT2D eigenvalue weighted by Crippen LogP contribution is 2.36. The molecular weight excluding hydrogens is 578 g/mol. The van der Waals surface area contributed by atoms with E-state index in [-0.39, 0.29) is 17.7 Å². The number of halogens is 3. The van der Waals surface area contributed by atoms with E-state index in [9.17, 15) is 9.59 Å². The molecule has 0 N–H and O–H groups in total. The van der Waals surface area contributed by atoms with Crippen molar-refractivity contribution in [2.75, 3.05) is 0 Å². The molecule has 3 aromatic carbocycles. The van der Waals surface area contributed by atoms with Crippen molar-refractivity contribution >= 4 is 72.4 Å². The molecular formula is C24H16Br2ClNO3S. The third kappa shape index (κ3) is 5.64. The molecule has 1 heterocycles. The van der Waals surface area contributed by atoms with Gasteiger partial charge in [0.15, 0.2) is 0 Å². The Bertz CT molecular complexity index is 1200. The zero-order valence-electron chi connectivity index (χ0n) is 16.6. The van der Waals surface area contributed by atoms with Crippen molar-refractivity contribution in [1.29, 1.82) is 0 Å². The van der Waals surface area contributed by atoms with Crippen LogP contribution in [0, 0.1) is 0 Å². The summed E-state index contributed by atoms with van der Waals surface area (Å²) in [5, 5.41) is 0.302. The molecule has 0 radical (unpaired) electrons. The van der Waals surface area contributed by atoms with Crippen LogP contribution in [0.2, 0.25) is 5.02 Å². The summed E-state index contributed by atoms with van der Waals surface area (Å²) in [5.41, 5.74) is 2.57. The van der Waals surface area contributed by atoms with Crippen LogP contribution in [0.25, 0.3) is 6.08 Å². The van der Waals surface area contributed by atoms with Gasteiger partial charge >= 0.3 is 0 Å². The predicted octanol–water partition coefficient (Wildman–Crippen LogP) is 7.68. The quantitative estimate of drug-likeness (QED) is 0.275. The molecule has 0 spiro atoms. The Morgan fingerprint density at radius 1 is 0.906 bits per heavy atom. The van der Waals surface area contributed by atoms with Gasteiger partial charge in [-0.15, -0.1) is 0 Å². The van der Waals surface area contributed by atoms with Gasteiger partial charge in [-0.05, 0) is 71.4 Å². The number of rotatable bonds is 6. The van der Waals surface area contributed by atoms with Gasteiger partial charge in [0.2, 0.25) is 0 Å². The standard InChI is InChI=1S/C24H16Br2ClNO3S/c25-18-5-1-16(2-6-18)14-31-21-10-7-19(26)11-17(21)12-22-23(29)28(24(30)32-22)13-15-3-8-20(27)9-4-15/h1-12H,13-14H2/b22-12-. The zero-order chi connectivity index (χ0) is 22.7. The number of thioether (sulfide) groups is 1. The van der Waals surface area contributed by atoms with E-state index in [0.717, 1.165) is 31.8 Å². The maximum Gasteiger partial charge on any atom is 0.293 e. The van der Waals surface area contributed by atoms with Crippen molar-refractivity contribution in [3.63, 3.8) is 0 Å². The van der Waals surface area contributed by atoms with Crippen LogP contribution < -0.4 is 4.74 Å². The summed E-state index contributed by atoms with van der Waals surface area (Å²) in [5.74, 6) is 0.300. The molecule has 1 fully saturated rings. The first-order valence-electron chi connectivity index (χ1n) is 9.55. The molecule has 0 aliphatic carbocycles. The summed E-state index contributed by atoms with van der Waals surface area (Å²) in [6.07, 6.45) is 1.70. The first-order valence-corrected chi connectivity index (χ1v) is 12.3. The zero-order valence-corrected chi connectivity index (χ0v) is 21.3. The molecule has 0 bridgehead atoms. The monoisotopic (exact) mass is 591 g/mol. The van der Waals surface area contributed by atoms with E-state index in [1.807, 2.05) is 42.5 Å². The van der Waals surface area contributed by atoms with Crippen LogP contribution >= 0.6 is 55.2 Å². The number of hydrogen-bond acceptors (Lipinski definition) is 4. The lowest BCUT2D eigenvalue weighted by Crippen LogP contribution is -2.27. The van der Waals surface area contributed by atoms with E-state index in [1.165, 1.54) is 4.90 Å². The Kier molecular flexibility index (Phi) is 7.40. The Labute approximate surface area is 211 Å². The van der Waals surface area contributed by atoms with Crippen LogP contribution in [-0.2, 0) is 17.9 Å². The van der Waals surface area contributed by atoms with Gasteiger partial charge in [0.1, 0.15) is 12.4 Å². The lowest BCUT2D eigenvalue weighted by molar-refractivity contribution is -0.123. The van der Waals surface area contributed by atoms with Gasteiger partial charge in [-0.2, -0.15) is 0 Å². The molecule has 0 saturated carbocycles. The Balaban J connectivity index is 1.54. The van der Waals surface area contributed by atoms with Crippen molar-refractivity contribution in [2.45, 2.75) is 13.2 Å². The van der Waals surface area contributed by atoms with Gasteiger partial charge in [-0.25, -0.2) is 0 Å². The van der Waals surface area contributed by atoms with Gasteiger partial charge in [-0.3, -0.25) is 14.5 Å². The summed E-state index contributed by atoms with van der Waals surface area (Å²) in [7, 11) is 0. The van der Waals surface area contributed by atoms with E-state index < -0.39 is 0 Å². The molecule has 4 nitrogen and oxygen atoms in total. The van der Waals surface area contributed by atoms with E-state index in [2.05, 4.69) is 31.9 Å². The fourth-order valence-electron chi connectivity index (χ4n) is 3.06. The molecule has 0 unspecified atom stereocenters. The topological polar surface area (TPSA) is 46.6 Å². The normalized spacial score (nSPS) is 15.0. The highest BCUT2D eigenvalue weighted by Gasteiger charge is 2.35. The van der Waals surface area contributed by atoms with Gasteiger partial charge in [-0.1, -0.05) is 67.7 Å². The van der Waals surface area contributed by atoms with Crippen molar-refractivity contribution in [3.8, 4) is 5.75 Å². The Hall–Kier alpha value is -2.06. The molecule has 8 heteroatoms. The maximum atomic E-state index is 12.9. The number of amides is 2. The molecule has 2 amide bonds. The van der Waals surface area contributed by atoms with Crippen LogP contribution in [0.4, 0.5) is 4.79 Å². The number of imide groups is 1. The number of ether oxygens (including phenoxy) is 1. The van der Waals surface area contributed by atoms with Crippen LogP contribution in [0.3, 0.4) is 0 Å². The van der Waals surface area contributed by atoms with E-state index in [0.29, 0.717) is 27.8 Å². The van der Waals surface area contributed by atoms with Gasteiger partial charge in [0.05, 0.1) is 11.4 Å². The molecule has 162 valence electrons. The fraction of sp³-hybridized carbons (Fsp3) is 0.0833. The van der Waals surface area contributed by atoms with Crippen LogP contribution in [0.15, 0.2) is 80.6 Å². The van der Waals surface area contributed by atoms with Crippen LogP contribution in [0.1, 0.15) is 16.7 Å². The predicted molar refractivity (Wildman–Crippen MR) is 136 cm³/mol.